The predicted molar refractivity (Wildman–Crippen MR) is 207 cm³/mol. The summed E-state index contributed by atoms with van der Waals surface area (Å²) >= 11 is 8.51. The number of hydrogen-bond donors (Lipinski definition) is 0. The van der Waals surface area contributed by atoms with Crippen LogP contribution >= 0.6 is 31.2 Å². The van der Waals surface area contributed by atoms with Crippen molar-refractivity contribution in [1.82, 2.24) is 4.90 Å². The Bertz CT molecular complexity index is 1700. The zero-order chi connectivity index (χ0) is 38.6. The van der Waals surface area contributed by atoms with Crippen LogP contribution in [-0.4, -0.2) is 52.3 Å². The Hall–Kier alpha value is -2.56. The van der Waals surface area contributed by atoms with Crippen LogP contribution in [0.4, 0.5) is 4.79 Å². The molecule has 12 heteroatoms. The van der Waals surface area contributed by atoms with Gasteiger partial charge in [-0.25, -0.2) is 9.36 Å². The predicted octanol–water partition coefficient (Wildman–Crippen LogP) is 11.5. The van der Waals surface area contributed by atoms with Crippen LogP contribution in [0.2, 0.25) is 5.02 Å². The fourth-order valence-corrected chi connectivity index (χ4v) is 8.83. The highest BCUT2D eigenvalue weighted by Crippen LogP contribution is 2.57. The third-order valence-electron chi connectivity index (χ3n) is 7.72. The maximum Gasteiger partial charge on any atom is 0.475 e. The number of carbonyl (C=O) groups excluding carboxylic acids is 1. The summed E-state index contributed by atoms with van der Waals surface area (Å²) in [6.07, 6.45) is 0.238. The van der Waals surface area contributed by atoms with E-state index in [1.807, 2.05) is 93.6 Å². The van der Waals surface area contributed by atoms with E-state index in [4.69, 9.17) is 39.4 Å². The molecule has 9 nitrogen and oxygen atoms in total. The zero-order valence-corrected chi connectivity index (χ0v) is 34.9. The lowest BCUT2D eigenvalue weighted by Gasteiger charge is -2.43. The smallest absolute Gasteiger partial charge is 0.475 e. The summed E-state index contributed by atoms with van der Waals surface area (Å²) < 4.78 is 50.4. The summed E-state index contributed by atoms with van der Waals surface area (Å²) in [5.41, 5.74) is -2.65. The number of phosphoric ester groups is 1. The molecule has 0 unspecified atom stereocenters. The molecule has 1 saturated heterocycles. The number of ether oxygens (including phenoxy) is 3. The summed E-state index contributed by atoms with van der Waals surface area (Å²) in [5, 5.41) is 0.581. The molecule has 4 rings (SSSR count). The molecule has 1 aliphatic rings. The third-order valence-corrected chi connectivity index (χ3v) is 11.0. The Kier molecular flexibility index (Phi) is 13.3. The zero-order valence-electron chi connectivity index (χ0n) is 32.4. The highest BCUT2D eigenvalue weighted by atomic mass is 35.5. The van der Waals surface area contributed by atoms with Crippen molar-refractivity contribution in [2.45, 2.75) is 133 Å². The number of nitrogens with zero attached hydrogens (tertiary/aromatic N) is 1. The largest absolute Gasteiger partial charge is 0.489 e. The van der Waals surface area contributed by atoms with Crippen LogP contribution in [0.3, 0.4) is 0 Å². The van der Waals surface area contributed by atoms with E-state index in [0.717, 1.165) is 26.7 Å². The molecule has 3 aromatic rings. The van der Waals surface area contributed by atoms with Crippen molar-refractivity contribution in [3.05, 3.63) is 88.9 Å². The highest BCUT2D eigenvalue weighted by molar-refractivity contribution is 7.99. The standard InChI is InChI=1S/C40H55ClNO8PS/c1-36(2,3)48-35(43)42-39(10,11)46-27-40(42,28-47-51(44,49-37(4,5)6)50-38(7,8)9)23-22-30-20-21-33(25-34(30)41)52-32-19-15-18-31(24-32)45-26-29-16-13-12-14-17-29/h12-21,24-25H,22-23,26-28H2,1-11H3/t40-/m1/s1. The number of amides is 1. The van der Waals surface area contributed by atoms with Gasteiger partial charge in [-0.05, 0) is 130 Å². The SMILES string of the molecule is CC(C)(C)OC(=O)N1C(C)(C)OC[C@]1(CCc1ccc(Sc2cccc(OCc3ccccc3)c2)cc1Cl)COP(=O)(OC(C)(C)C)OC(C)(C)C. The first-order valence-electron chi connectivity index (χ1n) is 17.5. The van der Waals surface area contributed by atoms with Gasteiger partial charge in [0.2, 0.25) is 0 Å². The van der Waals surface area contributed by atoms with Gasteiger partial charge in [0.1, 0.15) is 23.7 Å². The minimum atomic E-state index is -4.14. The van der Waals surface area contributed by atoms with Crippen molar-refractivity contribution < 1.29 is 37.1 Å². The van der Waals surface area contributed by atoms with Gasteiger partial charge in [-0.1, -0.05) is 65.8 Å². The Balaban J connectivity index is 1.57. The molecule has 0 saturated carbocycles. The van der Waals surface area contributed by atoms with Crippen LogP contribution < -0.4 is 4.74 Å². The molecule has 0 aromatic heterocycles. The number of rotatable bonds is 13. The fraction of sp³-hybridized carbons (Fsp3) is 0.525. The molecule has 52 heavy (non-hydrogen) atoms. The van der Waals surface area contributed by atoms with Crippen LogP contribution in [0.5, 0.6) is 5.75 Å². The second kappa shape index (κ2) is 16.4. The molecule has 1 aliphatic heterocycles. The van der Waals surface area contributed by atoms with Crippen molar-refractivity contribution in [3.8, 4) is 5.75 Å². The lowest BCUT2D eigenvalue weighted by molar-refractivity contribution is -0.0765. The minimum absolute atomic E-state index is 0.0958. The molecule has 286 valence electrons. The Morgan fingerprint density at radius 1 is 0.865 bits per heavy atom. The number of halogens is 1. The number of carbonyl (C=O) groups is 1. The van der Waals surface area contributed by atoms with Gasteiger partial charge in [0.25, 0.3) is 0 Å². The van der Waals surface area contributed by atoms with Gasteiger partial charge in [-0.3, -0.25) is 18.5 Å². The lowest BCUT2D eigenvalue weighted by Crippen LogP contribution is -2.59. The van der Waals surface area contributed by atoms with Crippen molar-refractivity contribution >= 4 is 37.3 Å². The first-order valence-corrected chi connectivity index (χ1v) is 20.2. The maximum absolute atomic E-state index is 14.2. The van der Waals surface area contributed by atoms with E-state index in [0.29, 0.717) is 24.5 Å². The Labute approximate surface area is 319 Å². The first-order chi connectivity index (χ1) is 24.0. The monoisotopic (exact) mass is 775 g/mol. The van der Waals surface area contributed by atoms with Crippen LogP contribution in [0, 0.1) is 0 Å². The molecule has 1 atom stereocenters. The van der Waals surface area contributed by atoms with E-state index >= 15 is 0 Å². The van der Waals surface area contributed by atoms with Crippen LogP contribution in [0.15, 0.2) is 82.6 Å². The molecule has 0 bridgehead atoms. The fourth-order valence-electron chi connectivity index (χ4n) is 5.70. The average molecular weight is 776 g/mol. The molecule has 0 radical (unpaired) electrons. The van der Waals surface area contributed by atoms with Crippen LogP contribution in [0.1, 0.15) is 93.7 Å². The van der Waals surface area contributed by atoms with Crippen LogP contribution in [-0.2, 0) is 40.6 Å². The van der Waals surface area contributed by atoms with Gasteiger partial charge in [-0.15, -0.1) is 0 Å². The summed E-state index contributed by atoms with van der Waals surface area (Å²) in [7, 11) is -4.14. The Morgan fingerprint density at radius 3 is 2.10 bits per heavy atom. The Morgan fingerprint density at radius 2 is 1.50 bits per heavy atom. The second-order valence-corrected chi connectivity index (χ2v) is 19.6. The van der Waals surface area contributed by atoms with Crippen molar-refractivity contribution in [2.75, 3.05) is 13.2 Å². The molecule has 1 heterocycles. The van der Waals surface area contributed by atoms with Gasteiger partial charge in [-0.2, -0.15) is 0 Å². The van der Waals surface area contributed by atoms with Crippen LogP contribution in [0.25, 0.3) is 0 Å². The molecule has 3 aromatic carbocycles. The summed E-state index contributed by atoms with van der Waals surface area (Å²) in [6.45, 7) is 20.1. The number of benzene rings is 3. The number of hydrogen-bond acceptors (Lipinski definition) is 9. The van der Waals surface area contributed by atoms with Gasteiger partial charge < -0.3 is 14.2 Å². The van der Waals surface area contributed by atoms with Gasteiger partial charge in [0.05, 0.1) is 30.0 Å². The minimum Gasteiger partial charge on any atom is -0.489 e. The molecule has 0 spiro atoms. The molecule has 0 aliphatic carbocycles. The molecular weight excluding hydrogens is 721 g/mol. The van der Waals surface area contributed by atoms with E-state index in [9.17, 15) is 9.36 Å². The first kappa shape index (κ1) is 42.2. The molecule has 1 amide bonds. The van der Waals surface area contributed by atoms with E-state index in [2.05, 4.69) is 0 Å². The van der Waals surface area contributed by atoms with Crippen molar-refractivity contribution in [3.63, 3.8) is 0 Å². The van der Waals surface area contributed by atoms with E-state index in [1.54, 1.807) is 72.1 Å². The maximum atomic E-state index is 14.2. The van der Waals surface area contributed by atoms with Gasteiger partial charge in [0, 0.05) is 14.8 Å². The summed E-state index contributed by atoms with van der Waals surface area (Å²) in [6, 6.07) is 24.0. The summed E-state index contributed by atoms with van der Waals surface area (Å²) in [5.74, 6) is 0.783. The molecule has 0 N–H and O–H groups in total. The number of aryl methyl sites for hydroxylation is 1. The van der Waals surface area contributed by atoms with Crippen molar-refractivity contribution in [1.29, 1.82) is 0 Å². The number of phosphoric acid groups is 1. The average Bonchev–Trinajstić information content (AvgIpc) is 3.27. The van der Waals surface area contributed by atoms with E-state index in [1.165, 1.54) is 0 Å². The topological polar surface area (TPSA) is 92.8 Å². The van der Waals surface area contributed by atoms with Gasteiger partial charge >= 0.3 is 13.9 Å². The van der Waals surface area contributed by atoms with E-state index < -0.39 is 42.0 Å². The highest BCUT2D eigenvalue weighted by Gasteiger charge is 2.56. The normalized spacial score (nSPS) is 18.0. The molecular formula is C40H55ClNO8PS. The third kappa shape index (κ3) is 12.5. The lowest BCUT2D eigenvalue weighted by atomic mass is 9.91. The summed E-state index contributed by atoms with van der Waals surface area (Å²) in [4.78, 5) is 17.5. The van der Waals surface area contributed by atoms with Crippen molar-refractivity contribution in [2.24, 2.45) is 0 Å². The quantitative estimate of drug-likeness (QED) is 0.157. The van der Waals surface area contributed by atoms with Gasteiger partial charge in [0.15, 0.2) is 0 Å². The van der Waals surface area contributed by atoms with E-state index in [-0.39, 0.29) is 13.2 Å². The molecule has 1 fully saturated rings. The second-order valence-electron chi connectivity index (χ2n) is 16.5.